The average molecular weight is 430 g/mol. The topological polar surface area (TPSA) is 47.6 Å². The molecule has 0 aliphatic carbocycles. The van der Waals surface area contributed by atoms with Gasteiger partial charge in [0, 0.05) is 25.1 Å². The maximum atomic E-state index is 12.0. The molecule has 1 aliphatic heterocycles. The minimum Gasteiger partial charge on any atom is -0.353 e. The quantitative estimate of drug-likeness (QED) is 0.423. The van der Waals surface area contributed by atoms with Crippen LogP contribution in [-0.4, -0.2) is 31.5 Å². The Morgan fingerprint density at radius 3 is 2.68 bits per heavy atom. The van der Waals surface area contributed by atoms with Gasteiger partial charge in [-0.15, -0.1) is 0 Å². The van der Waals surface area contributed by atoms with E-state index in [9.17, 15) is 4.79 Å². The van der Waals surface area contributed by atoms with Crippen LogP contribution in [0.5, 0.6) is 0 Å². The molecule has 0 radical (unpaired) electrons. The zero-order chi connectivity index (χ0) is 23.1. The van der Waals surface area contributed by atoms with E-state index in [0.717, 1.165) is 25.7 Å². The highest BCUT2D eigenvalue weighted by Crippen LogP contribution is 2.19. The highest BCUT2D eigenvalue weighted by molar-refractivity contribution is 5.87. The van der Waals surface area contributed by atoms with Crippen LogP contribution in [0.15, 0.2) is 59.8 Å². The van der Waals surface area contributed by atoms with Crippen LogP contribution < -0.4 is 5.32 Å². The molecule has 31 heavy (non-hydrogen) atoms. The molecule has 0 aromatic heterocycles. The fraction of sp³-hybridized carbons (Fsp3) is 0.593. The zero-order valence-electron chi connectivity index (χ0n) is 20.4. The molecule has 0 saturated heterocycles. The van der Waals surface area contributed by atoms with Crippen molar-refractivity contribution in [3.63, 3.8) is 0 Å². The number of carbonyl (C=O) groups excluding carboxylic acids is 1. The van der Waals surface area contributed by atoms with Gasteiger partial charge in [0.2, 0.25) is 5.91 Å². The van der Waals surface area contributed by atoms with Gasteiger partial charge < -0.3 is 14.8 Å². The Morgan fingerprint density at radius 1 is 1.16 bits per heavy atom. The normalized spacial score (nSPS) is 32.5. The molecule has 174 valence electrons. The lowest BCUT2D eigenvalue weighted by atomic mass is 9.98. The fourth-order valence-electron chi connectivity index (χ4n) is 3.45. The molecule has 0 bridgehead atoms. The molecule has 4 atom stereocenters. The van der Waals surface area contributed by atoms with Crippen LogP contribution in [0.3, 0.4) is 0 Å². The van der Waals surface area contributed by atoms with Gasteiger partial charge in [-0.1, -0.05) is 67.5 Å². The first-order chi connectivity index (χ1) is 14.8. The highest BCUT2D eigenvalue weighted by Gasteiger charge is 2.18. The Labute approximate surface area is 190 Å². The van der Waals surface area contributed by atoms with E-state index >= 15 is 0 Å². The number of amides is 1. The predicted molar refractivity (Wildman–Crippen MR) is 131 cm³/mol. The SMILES string of the molecule is CCOC(C)O[C@H]1C/C=C(\C)C/C(C)=C/C=C/CC[C@H](C)CNC(=O)/C=C/C=C/[C@@H]1C. The zero-order valence-corrected chi connectivity index (χ0v) is 20.4. The molecule has 1 amide bonds. The summed E-state index contributed by atoms with van der Waals surface area (Å²) < 4.78 is 11.8. The van der Waals surface area contributed by atoms with Crippen LogP contribution in [0.1, 0.15) is 67.2 Å². The first-order valence-electron chi connectivity index (χ1n) is 11.7. The van der Waals surface area contributed by atoms with Crippen molar-refractivity contribution in [2.24, 2.45) is 11.8 Å². The lowest BCUT2D eigenvalue weighted by molar-refractivity contribution is -0.163. The molecule has 4 heteroatoms. The second-order valence-electron chi connectivity index (χ2n) is 8.63. The highest BCUT2D eigenvalue weighted by atomic mass is 16.7. The summed E-state index contributed by atoms with van der Waals surface area (Å²) in [4.78, 5) is 12.0. The number of nitrogens with one attached hydrogen (secondary N) is 1. The fourth-order valence-corrected chi connectivity index (χ4v) is 3.45. The van der Waals surface area contributed by atoms with Gasteiger partial charge in [-0.3, -0.25) is 4.79 Å². The molecule has 0 aromatic rings. The number of carbonyl (C=O) groups is 1. The van der Waals surface area contributed by atoms with Crippen molar-refractivity contribution in [1.82, 2.24) is 5.32 Å². The van der Waals surface area contributed by atoms with Crippen LogP contribution >= 0.6 is 0 Å². The summed E-state index contributed by atoms with van der Waals surface area (Å²) in [6.07, 6.45) is 19.9. The van der Waals surface area contributed by atoms with E-state index in [1.54, 1.807) is 12.2 Å². The van der Waals surface area contributed by atoms with Crippen molar-refractivity contribution in [2.45, 2.75) is 79.6 Å². The molecule has 0 saturated carbocycles. The standard InChI is InChI=1S/C27H43NO3/c1-7-30-25(6)31-26-18-17-22(3)19-21(2)13-9-8-10-14-23(4)20-28-27(29)16-12-11-15-24(26)5/h8-9,11-13,15-17,23-26H,7,10,14,18-20H2,1-6H3,(H,28,29)/b9-8+,15-11+,16-12+,21-13+,22-17+/t23-,24-,25?,26-/m0/s1. The lowest BCUT2D eigenvalue weighted by Crippen LogP contribution is -2.27. The Morgan fingerprint density at radius 2 is 1.94 bits per heavy atom. The van der Waals surface area contributed by atoms with E-state index in [1.165, 1.54) is 11.1 Å². The number of allylic oxidation sites excluding steroid dienone is 7. The number of hydrogen-bond donors (Lipinski definition) is 1. The lowest BCUT2D eigenvalue weighted by Gasteiger charge is -2.25. The van der Waals surface area contributed by atoms with E-state index in [0.29, 0.717) is 19.1 Å². The molecule has 0 spiro atoms. The first kappa shape index (κ1) is 27.1. The Hall–Kier alpha value is -1.91. The summed E-state index contributed by atoms with van der Waals surface area (Å²) in [5, 5.41) is 2.98. The Kier molecular flexibility index (Phi) is 13.8. The van der Waals surface area contributed by atoms with Gasteiger partial charge >= 0.3 is 0 Å². The second-order valence-corrected chi connectivity index (χ2v) is 8.63. The molecule has 1 aliphatic rings. The van der Waals surface area contributed by atoms with Crippen molar-refractivity contribution in [3.05, 3.63) is 59.8 Å². The van der Waals surface area contributed by atoms with E-state index in [2.05, 4.69) is 63.4 Å². The summed E-state index contributed by atoms with van der Waals surface area (Å²) in [5.41, 5.74) is 2.69. The van der Waals surface area contributed by atoms with E-state index in [1.807, 2.05) is 19.9 Å². The van der Waals surface area contributed by atoms with Crippen LogP contribution in [0.4, 0.5) is 0 Å². The monoisotopic (exact) mass is 429 g/mol. The van der Waals surface area contributed by atoms with Gasteiger partial charge in [0.05, 0.1) is 6.10 Å². The largest absolute Gasteiger partial charge is 0.353 e. The van der Waals surface area contributed by atoms with Gasteiger partial charge in [-0.2, -0.15) is 0 Å². The van der Waals surface area contributed by atoms with Crippen molar-refractivity contribution < 1.29 is 14.3 Å². The van der Waals surface area contributed by atoms with Crippen LogP contribution in [0.2, 0.25) is 0 Å². The maximum absolute atomic E-state index is 12.0. The smallest absolute Gasteiger partial charge is 0.243 e. The van der Waals surface area contributed by atoms with E-state index < -0.39 is 0 Å². The van der Waals surface area contributed by atoms with Crippen LogP contribution in [-0.2, 0) is 14.3 Å². The molecular formula is C27H43NO3. The summed E-state index contributed by atoms with van der Waals surface area (Å²) in [6, 6.07) is 0. The molecule has 1 heterocycles. The average Bonchev–Trinajstić information content (AvgIpc) is 2.71. The van der Waals surface area contributed by atoms with Gasteiger partial charge in [0.15, 0.2) is 6.29 Å². The molecule has 1 N–H and O–H groups in total. The number of ether oxygens (including phenoxy) is 2. The maximum Gasteiger partial charge on any atom is 0.243 e. The van der Waals surface area contributed by atoms with Gasteiger partial charge in [-0.25, -0.2) is 0 Å². The molecular weight excluding hydrogens is 386 g/mol. The molecule has 0 fully saturated rings. The number of rotatable bonds is 4. The van der Waals surface area contributed by atoms with Crippen LogP contribution in [0, 0.1) is 11.8 Å². The summed E-state index contributed by atoms with van der Waals surface area (Å²) >= 11 is 0. The minimum absolute atomic E-state index is 0.00519. The molecule has 1 unspecified atom stereocenters. The van der Waals surface area contributed by atoms with Gasteiger partial charge in [0.25, 0.3) is 0 Å². The Balaban J connectivity index is 2.98. The third-order valence-corrected chi connectivity index (χ3v) is 5.35. The molecule has 4 nitrogen and oxygen atoms in total. The van der Waals surface area contributed by atoms with Crippen molar-refractivity contribution in [3.8, 4) is 0 Å². The predicted octanol–water partition coefficient (Wildman–Crippen LogP) is 6.28. The van der Waals surface area contributed by atoms with Crippen molar-refractivity contribution in [2.75, 3.05) is 13.2 Å². The van der Waals surface area contributed by atoms with Crippen LogP contribution in [0.25, 0.3) is 0 Å². The Bertz CT molecular complexity index is 672. The second kappa shape index (κ2) is 15.8. The molecule has 1 rings (SSSR count). The first-order valence-corrected chi connectivity index (χ1v) is 11.7. The minimum atomic E-state index is -0.250. The van der Waals surface area contributed by atoms with Crippen molar-refractivity contribution >= 4 is 5.91 Å². The summed E-state index contributed by atoms with van der Waals surface area (Å²) in [5.74, 6) is 0.581. The summed E-state index contributed by atoms with van der Waals surface area (Å²) in [7, 11) is 0. The molecule has 0 aromatic carbocycles. The van der Waals surface area contributed by atoms with E-state index in [-0.39, 0.29) is 24.2 Å². The third kappa shape index (κ3) is 13.2. The van der Waals surface area contributed by atoms with Gasteiger partial charge in [0.1, 0.15) is 0 Å². The summed E-state index contributed by atoms with van der Waals surface area (Å²) in [6.45, 7) is 13.9. The van der Waals surface area contributed by atoms with E-state index in [4.69, 9.17) is 9.47 Å². The third-order valence-electron chi connectivity index (χ3n) is 5.35. The number of hydrogen-bond acceptors (Lipinski definition) is 3. The van der Waals surface area contributed by atoms with Crippen molar-refractivity contribution in [1.29, 1.82) is 0 Å². The van der Waals surface area contributed by atoms with Gasteiger partial charge in [-0.05, 0) is 59.3 Å².